The van der Waals surface area contributed by atoms with Crippen LogP contribution >= 0.6 is 0 Å². The Morgan fingerprint density at radius 3 is 2.47 bits per heavy atom. The molecule has 2 N–H and O–H groups in total. The topological polar surface area (TPSA) is 73.6 Å². The van der Waals surface area contributed by atoms with Gasteiger partial charge in [0.05, 0.1) is 11.8 Å². The zero-order valence-corrected chi connectivity index (χ0v) is 17.1. The predicted octanol–water partition coefficient (Wildman–Crippen LogP) is 5.06. The average molecular weight is 470 g/mol. The lowest BCUT2D eigenvalue weighted by Crippen LogP contribution is -2.19. The summed E-state index contributed by atoms with van der Waals surface area (Å²) < 4.78 is 83.9. The van der Waals surface area contributed by atoms with Gasteiger partial charge in [0.15, 0.2) is 11.6 Å². The first kappa shape index (κ1) is 23.2. The molecular formula is C20H14F6N5S+. The van der Waals surface area contributed by atoms with E-state index in [2.05, 4.69) is 20.0 Å². The van der Waals surface area contributed by atoms with Gasteiger partial charge in [-0.1, -0.05) is 0 Å². The van der Waals surface area contributed by atoms with E-state index < -0.39 is 46.0 Å². The van der Waals surface area contributed by atoms with E-state index in [4.69, 9.17) is 5.26 Å². The number of alkyl halides is 3. The Kier molecular flexibility index (Phi) is 6.78. The van der Waals surface area contributed by atoms with Crippen LogP contribution in [0.5, 0.6) is 0 Å². The number of aromatic nitrogens is 2. The van der Waals surface area contributed by atoms with E-state index in [9.17, 15) is 26.3 Å². The molecule has 1 atom stereocenters. The van der Waals surface area contributed by atoms with Gasteiger partial charge in [-0.05, 0) is 30.3 Å². The van der Waals surface area contributed by atoms with E-state index in [0.717, 1.165) is 30.5 Å². The Morgan fingerprint density at radius 2 is 1.81 bits per heavy atom. The molecule has 5 nitrogen and oxygen atoms in total. The Bertz CT molecular complexity index is 1180. The summed E-state index contributed by atoms with van der Waals surface area (Å²) in [6.45, 7) is 0. The van der Waals surface area contributed by atoms with Crippen LogP contribution in [0.2, 0.25) is 0 Å². The van der Waals surface area contributed by atoms with E-state index in [-0.39, 0.29) is 28.5 Å². The molecule has 0 amide bonds. The van der Waals surface area contributed by atoms with Crippen LogP contribution in [0.1, 0.15) is 11.1 Å². The molecule has 32 heavy (non-hydrogen) atoms. The van der Waals surface area contributed by atoms with E-state index in [1.54, 1.807) is 12.4 Å². The highest BCUT2D eigenvalue weighted by Gasteiger charge is 2.32. The second-order valence-electron chi connectivity index (χ2n) is 6.55. The smallest absolute Gasteiger partial charge is 0.324 e. The van der Waals surface area contributed by atoms with E-state index in [0.29, 0.717) is 6.07 Å². The molecule has 0 radical (unpaired) electrons. The monoisotopic (exact) mass is 470 g/mol. The fourth-order valence-electron chi connectivity index (χ4n) is 2.80. The number of nitrogens with zero attached hydrogens (tertiary/aromatic N) is 3. The van der Waals surface area contributed by atoms with Crippen molar-refractivity contribution in [3.8, 4) is 17.5 Å². The highest BCUT2D eigenvalue weighted by molar-refractivity contribution is 7.93. The molecule has 1 unspecified atom stereocenters. The summed E-state index contributed by atoms with van der Waals surface area (Å²) in [7, 11) is 0. The summed E-state index contributed by atoms with van der Waals surface area (Å²) in [6.07, 6.45) is -0.528. The number of rotatable bonds is 6. The Hall–Kier alpha value is -3.46. The van der Waals surface area contributed by atoms with Crippen molar-refractivity contribution in [2.24, 2.45) is 0 Å². The molecule has 0 saturated heterocycles. The van der Waals surface area contributed by atoms with Gasteiger partial charge in [-0.2, -0.15) is 18.4 Å². The Labute approximate surface area is 181 Å². The number of benzene rings is 2. The molecule has 0 aliphatic carbocycles. The van der Waals surface area contributed by atoms with Crippen LogP contribution in [0.25, 0.3) is 11.3 Å². The highest BCUT2D eigenvalue weighted by Crippen LogP contribution is 2.33. The molecule has 0 aliphatic heterocycles. The van der Waals surface area contributed by atoms with Crippen LogP contribution in [0.15, 0.2) is 42.6 Å². The molecule has 0 bridgehead atoms. The van der Waals surface area contributed by atoms with Crippen LogP contribution in [-0.2, 0) is 23.0 Å². The molecule has 1 aromatic heterocycles. The van der Waals surface area contributed by atoms with Crippen LogP contribution in [0.3, 0.4) is 0 Å². The first-order valence-electron chi connectivity index (χ1n) is 8.80. The van der Waals surface area contributed by atoms with Crippen molar-refractivity contribution in [2.45, 2.75) is 11.9 Å². The van der Waals surface area contributed by atoms with Gasteiger partial charge in [0.2, 0.25) is 12.1 Å². The number of hydrogen-bond donors (Lipinski definition) is 2. The molecule has 0 aliphatic rings. The van der Waals surface area contributed by atoms with Gasteiger partial charge in [-0.15, -0.1) is 4.72 Å². The summed E-state index contributed by atoms with van der Waals surface area (Å²) in [6, 6.07) is 5.65. The molecule has 3 rings (SSSR count). The summed E-state index contributed by atoms with van der Waals surface area (Å²) >= 11 is -0.706. The Balaban J connectivity index is 1.98. The van der Waals surface area contributed by atoms with Gasteiger partial charge in [-0.3, -0.25) is 0 Å². The largest absolute Gasteiger partial charge is 0.416 e. The maximum absolute atomic E-state index is 14.2. The van der Waals surface area contributed by atoms with Gasteiger partial charge >= 0.3 is 6.18 Å². The van der Waals surface area contributed by atoms with E-state index in [1.165, 1.54) is 6.07 Å². The van der Waals surface area contributed by atoms with Crippen LogP contribution in [0.4, 0.5) is 38.0 Å². The number of halogens is 6. The molecule has 0 spiro atoms. The molecule has 0 fully saturated rings. The lowest BCUT2D eigenvalue weighted by atomic mass is 10.1. The van der Waals surface area contributed by atoms with Gasteiger partial charge in [0, 0.05) is 22.9 Å². The second kappa shape index (κ2) is 9.35. The van der Waals surface area contributed by atoms with Gasteiger partial charge < -0.3 is 5.32 Å². The van der Waals surface area contributed by atoms with Crippen molar-refractivity contribution in [1.29, 1.82) is 5.26 Å². The van der Waals surface area contributed by atoms with E-state index in [1.807, 2.05) is 0 Å². The fourth-order valence-corrected chi connectivity index (χ4v) is 3.70. The van der Waals surface area contributed by atoms with Crippen LogP contribution < -0.4 is 10.0 Å². The SMILES string of the molecule is C[S+](Cc1cc(Nc2ncc(F)c(-c3ccc(F)cc3F)n2)cc(C(F)(F)F)c1)NC#N. The quantitative estimate of drug-likeness (QED) is 0.228. The minimum Gasteiger partial charge on any atom is -0.324 e. The minimum absolute atomic E-state index is 0.0408. The zero-order valence-electron chi connectivity index (χ0n) is 16.3. The van der Waals surface area contributed by atoms with Gasteiger partial charge in [0.25, 0.3) is 0 Å². The molecule has 12 heteroatoms. The zero-order chi connectivity index (χ0) is 23.5. The van der Waals surface area contributed by atoms with Crippen molar-refractivity contribution in [2.75, 3.05) is 11.6 Å². The molecule has 0 saturated carbocycles. The third kappa shape index (κ3) is 5.61. The first-order valence-corrected chi connectivity index (χ1v) is 10.6. The summed E-state index contributed by atoms with van der Waals surface area (Å²) in [5, 5.41) is 11.2. The number of hydrogen-bond acceptors (Lipinski definition) is 5. The molecule has 3 aromatic rings. The molecule has 2 aromatic carbocycles. The normalized spacial score (nSPS) is 12.2. The second-order valence-corrected chi connectivity index (χ2v) is 8.32. The van der Waals surface area contributed by atoms with Crippen molar-refractivity contribution >= 4 is 22.7 Å². The minimum atomic E-state index is -4.65. The third-order valence-electron chi connectivity index (χ3n) is 4.11. The number of anilines is 2. The predicted molar refractivity (Wildman–Crippen MR) is 108 cm³/mol. The lowest BCUT2D eigenvalue weighted by Gasteiger charge is -2.13. The third-order valence-corrected chi connectivity index (χ3v) is 5.32. The highest BCUT2D eigenvalue weighted by atomic mass is 32.2. The number of nitrogens with one attached hydrogen (secondary N) is 2. The van der Waals surface area contributed by atoms with Crippen molar-refractivity contribution in [3.05, 3.63) is 71.2 Å². The van der Waals surface area contributed by atoms with Crippen LogP contribution in [-0.4, -0.2) is 16.2 Å². The van der Waals surface area contributed by atoms with Crippen molar-refractivity contribution in [1.82, 2.24) is 14.7 Å². The maximum Gasteiger partial charge on any atom is 0.416 e. The summed E-state index contributed by atoms with van der Waals surface area (Å²) in [5.41, 5.74) is -1.53. The first-order chi connectivity index (χ1) is 15.1. The standard InChI is InChI=1S/C20H14F6N5S/c1-32(29-10-27)9-11-4-12(20(24,25)26)6-14(5-11)30-19-28-8-17(23)18(31-19)15-3-2-13(21)7-16(15)22/h2-8,29H,9H2,1H3,(H,28,30,31)/q+1. The summed E-state index contributed by atoms with van der Waals surface area (Å²) in [4.78, 5) is 7.54. The fraction of sp³-hybridized carbons (Fsp3) is 0.150. The van der Waals surface area contributed by atoms with E-state index >= 15 is 0 Å². The molecule has 166 valence electrons. The van der Waals surface area contributed by atoms with Crippen molar-refractivity contribution < 1.29 is 26.3 Å². The molecule has 1 heterocycles. The van der Waals surface area contributed by atoms with Gasteiger partial charge in [-0.25, -0.2) is 23.1 Å². The Morgan fingerprint density at radius 1 is 1.06 bits per heavy atom. The van der Waals surface area contributed by atoms with Gasteiger partial charge in [0.1, 0.15) is 34.7 Å². The average Bonchev–Trinajstić information content (AvgIpc) is 2.69. The van der Waals surface area contributed by atoms with Crippen LogP contribution in [0, 0.1) is 28.9 Å². The number of nitriles is 1. The summed E-state index contributed by atoms with van der Waals surface area (Å²) in [5.74, 6) is -3.07. The van der Waals surface area contributed by atoms with Crippen molar-refractivity contribution in [3.63, 3.8) is 0 Å². The molecular weight excluding hydrogens is 456 g/mol. The lowest BCUT2D eigenvalue weighted by molar-refractivity contribution is -0.137. The maximum atomic E-state index is 14.2.